The number of imidazole rings is 1. The fourth-order valence-electron chi connectivity index (χ4n) is 3.73. The van der Waals surface area contributed by atoms with E-state index >= 15 is 0 Å². The summed E-state index contributed by atoms with van der Waals surface area (Å²) in [6.45, 7) is 4.64. The predicted octanol–water partition coefficient (Wildman–Crippen LogP) is 3.02. The molecule has 4 nitrogen and oxygen atoms in total. The molecule has 1 aromatic carbocycles. The van der Waals surface area contributed by atoms with Gasteiger partial charge in [-0.3, -0.25) is 0 Å². The molecule has 5 heteroatoms. The molecular formula is C20H23FN4. The van der Waals surface area contributed by atoms with Crippen LogP contribution in [-0.4, -0.2) is 28.5 Å². The molecule has 0 bridgehead atoms. The zero-order valence-corrected chi connectivity index (χ0v) is 14.4. The lowest BCUT2D eigenvalue weighted by atomic mass is 9.86. The Balaban J connectivity index is 1.50. The zero-order valence-electron chi connectivity index (χ0n) is 14.4. The molecule has 1 saturated heterocycles. The average molecular weight is 338 g/mol. The summed E-state index contributed by atoms with van der Waals surface area (Å²) >= 11 is 0. The molecule has 0 unspecified atom stereocenters. The average Bonchev–Trinajstić information content (AvgIpc) is 3.05. The van der Waals surface area contributed by atoms with Gasteiger partial charge in [0.25, 0.3) is 0 Å². The van der Waals surface area contributed by atoms with Crippen molar-refractivity contribution in [2.24, 2.45) is 0 Å². The van der Waals surface area contributed by atoms with Gasteiger partial charge in [0, 0.05) is 36.9 Å². The van der Waals surface area contributed by atoms with E-state index < -0.39 is 0 Å². The van der Waals surface area contributed by atoms with Crippen LogP contribution in [0.15, 0.2) is 48.7 Å². The first-order chi connectivity index (χ1) is 12.2. The van der Waals surface area contributed by atoms with E-state index in [2.05, 4.69) is 39.2 Å². The number of nitrogens with zero attached hydrogens (tertiary/aromatic N) is 2. The number of halogens is 1. The minimum absolute atomic E-state index is 0.161. The number of aryl methyl sites for hydroxylation is 1. The Kier molecular flexibility index (Phi) is 4.51. The number of hydrogen-bond acceptors (Lipinski definition) is 3. The smallest absolute Gasteiger partial charge is 0.137 e. The van der Waals surface area contributed by atoms with Crippen LogP contribution in [0, 0.1) is 12.7 Å². The standard InChI is InChI=1S/C20H23FN4/c1-14-4-2-7-20-24-17(13-25(14)20)11-23-19-12-22-9-8-18(19)15-5-3-6-16(21)10-15/h2-7,10,13,18-19,22-23H,8-9,11-12H2,1H3/t18-,19-/m1/s1. The van der Waals surface area contributed by atoms with Gasteiger partial charge in [0.15, 0.2) is 0 Å². The van der Waals surface area contributed by atoms with Gasteiger partial charge in [0.2, 0.25) is 0 Å². The van der Waals surface area contributed by atoms with Crippen LogP contribution in [0.3, 0.4) is 0 Å². The van der Waals surface area contributed by atoms with E-state index in [1.54, 1.807) is 12.1 Å². The van der Waals surface area contributed by atoms with E-state index in [-0.39, 0.29) is 11.9 Å². The Morgan fingerprint density at radius 3 is 3.00 bits per heavy atom. The van der Waals surface area contributed by atoms with Crippen LogP contribution in [0.1, 0.15) is 29.3 Å². The van der Waals surface area contributed by atoms with Gasteiger partial charge in [-0.15, -0.1) is 0 Å². The van der Waals surface area contributed by atoms with Crippen molar-refractivity contribution in [3.8, 4) is 0 Å². The Morgan fingerprint density at radius 2 is 2.16 bits per heavy atom. The van der Waals surface area contributed by atoms with E-state index in [1.165, 1.54) is 11.8 Å². The number of fused-ring (bicyclic) bond motifs is 1. The summed E-state index contributed by atoms with van der Waals surface area (Å²) in [5, 5.41) is 7.06. The second kappa shape index (κ2) is 6.94. The molecule has 1 aliphatic heterocycles. The van der Waals surface area contributed by atoms with Gasteiger partial charge in [-0.05, 0) is 49.7 Å². The highest BCUT2D eigenvalue weighted by Gasteiger charge is 2.26. The largest absolute Gasteiger partial charge is 0.315 e. The SMILES string of the molecule is Cc1cccc2nc(CN[C@@H]3CNCC[C@@H]3c3cccc(F)c3)cn12. The van der Waals surface area contributed by atoms with Crippen molar-refractivity contribution in [3.05, 3.63) is 71.4 Å². The fourth-order valence-corrected chi connectivity index (χ4v) is 3.73. The van der Waals surface area contributed by atoms with Gasteiger partial charge in [-0.25, -0.2) is 9.37 Å². The van der Waals surface area contributed by atoms with E-state index in [0.717, 1.165) is 36.4 Å². The summed E-state index contributed by atoms with van der Waals surface area (Å²) in [5.74, 6) is 0.154. The third-order valence-corrected chi connectivity index (χ3v) is 5.05. The van der Waals surface area contributed by atoms with Crippen molar-refractivity contribution in [2.75, 3.05) is 13.1 Å². The first-order valence-corrected chi connectivity index (χ1v) is 8.84. The highest BCUT2D eigenvalue weighted by atomic mass is 19.1. The molecular weight excluding hydrogens is 315 g/mol. The van der Waals surface area contributed by atoms with E-state index in [9.17, 15) is 4.39 Å². The van der Waals surface area contributed by atoms with Crippen LogP contribution in [0.25, 0.3) is 5.65 Å². The van der Waals surface area contributed by atoms with E-state index in [4.69, 9.17) is 0 Å². The fraction of sp³-hybridized carbons (Fsp3) is 0.350. The number of hydrogen-bond donors (Lipinski definition) is 2. The highest BCUT2D eigenvalue weighted by molar-refractivity contribution is 5.41. The molecule has 0 spiro atoms. The summed E-state index contributed by atoms with van der Waals surface area (Å²) in [7, 11) is 0. The molecule has 0 aliphatic carbocycles. The minimum atomic E-state index is -0.161. The van der Waals surface area contributed by atoms with Gasteiger partial charge in [-0.1, -0.05) is 18.2 Å². The van der Waals surface area contributed by atoms with Crippen molar-refractivity contribution in [2.45, 2.75) is 31.8 Å². The number of piperidine rings is 1. The highest BCUT2D eigenvalue weighted by Crippen LogP contribution is 2.26. The number of rotatable bonds is 4. The molecule has 0 radical (unpaired) electrons. The minimum Gasteiger partial charge on any atom is -0.315 e. The maximum atomic E-state index is 13.6. The van der Waals surface area contributed by atoms with Crippen molar-refractivity contribution < 1.29 is 4.39 Å². The van der Waals surface area contributed by atoms with E-state index in [0.29, 0.717) is 12.5 Å². The number of benzene rings is 1. The number of nitrogens with one attached hydrogen (secondary N) is 2. The zero-order chi connectivity index (χ0) is 17.2. The van der Waals surface area contributed by atoms with Crippen LogP contribution in [0.4, 0.5) is 4.39 Å². The summed E-state index contributed by atoms with van der Waals surface area (Å²) in [4.78, 5) is 4.69. The summed E-state index contributed by atoms with van der Waals surface area (Å²) in [6, 6.07) is 13.4. The normalized spacial score (nSPS) is 20.9. The van der Waals surface area contributed by atoms with Crippen LogP contribution in [0.2, 0.25) is 0 Å². The Labute approximate surface area is 147 Å². The number of pyridine rings is 1. The molecule has 25 heavy (non-hydrogen) atoms. The van der Waals surface area contributed by atoms with Gasteiger partial charge in [0.05, 0.1) is 5.69 Å². The molecule has 2 atom stereocenters. The van der Waals surface area contributed by atoms with Crippen molar-refractivity contribution in [1.82, 2.24) is 20.0 Å². The lowest BCUT2D eigenvalue weighted by molar-refractivity contribution is 0.341. The van der Waals surface area contributed by atoms with Gasteiger partial charge in [0.1, 0.15) is 11.5 Å². The van der Waals surface area contributed by atoms with Crippen molar-refractivity contribution >= 4 is 5.65 Å². The van der Waals surface area contributed by atoms with Gasteiger partial charge >= 0.3 is 0 Å². The summed E-state index contributed by atoms with van der Waals surface area (Å²) < 4.78 is 15.7. The maximum absolute atomic E-state index is 13.6. The quantitative estimate of drug-likeness (QED) is 0.768. The lowest BCUT2D eigenvalue weighted by Crippen LogP contribution is -2.47. The molecule has 3 heterocycles. The summed E-state index contributed by atoms with van der Waals surface area (Å²) in [5.41, 5.74) is 4.25. The molecule has 130 valence electrons. The van der Waals surface area contributed by atoms with Crippen LogP contribution < -0.4 is 10.6 Å². The predicted molar refractivity (Wildman–Crippen MR) is 97.2 cm³/mol. The van der Waals surface area contributed by atoms with Crippen molar-refractivity contribution in [3.63, 3.8) is 0 Å². The topological polar surface area (TPSA) is 41.4 Å². The third-order valence-electron chi connectivity index (χ3n) is 5.05. The monoisotopic (exact) mass is 338 g/mol. The Morgan fingerprint density at radius 1 is 1.28 bits per heavy atom. The second-order valence-electron chi connectivity index (χ2n) is 6.77. The third kappa shape index (κ3) is 3.43. The second-order valence-corrected chi connectivity index (χ2v) is 6.77. The molecule has 0 amide bonds. The molecule has 2 N–H and O–H groups in total. The van der Waals surface area contributed by atoms with Crippen LogP contribution >= 0.6 is 0 Å². The first kappa shape index (κ1) is 16.2. The summed E-state index contributed by atoms with van der Waals surface area (Å²) in [6.07, 6.45) is 3.09. The van der Waals surface area contributed by atoms with Crippen LogP contribution in [-0.2, 0) is 6.54 Å². The molecule has 1 aliphatic rings. The molecule has 2 aromatic heterocycles. The Hall–Kier alpha value is -2.24. The molecule has 1 fully saturated rings. The first-order valence-electron chi connectivity index (χ1n) is 8.84. The lowest BCUT2D eigenvalue weighted by Gasteiger charge is -2.33. The Bertz CT molecular complexity index is 873. The van der Waals surface area contributed by atoms with Gasteiger partial charge in [-0.2, -0.15) is 0 Å². The molecule has 3 aromatic rings. The maximum Gasteiger partial charge on any atom is 0.137 e. The number of aromatic nitrogens is 2. The molecule has 0 saturated carbocycles. The van der Waals surface area contributed by atoms with Gasteiger partial charge < -0.3 is 15.0 Å². The van der Waals surface area contributed by atoms with E-state index in [1.807, 2.05) is 18.2 Å². The van der Waals surface area contributed by atoms with Crippen molar-refractivity contribution in [1.29, 1.82) is 0 Å². The van der Waals surface area contributed by atoms with Crippen LogP contribution in [0.5, 0.6) is 0 Å². The molecule has 4 rings (SSSR count).